The summed E-state index contributed by atoms with van der Waals surface area (Å²) >= 11 is 4.99. The highest BCUT2D eigenvalue weighted by Crippen LogP contribution is 2.30. The van der Waals surface area contributed by atoms with E-state index in [1.165, 1.54) is 0 Å². The molecular formula is C11H13BrN2OS. The molecule has 0 amide bonds. The zero-order valence-corrected chi connectivity index (χ0v) is 11.3. The van der Waals surface area contributed by atoms with E-state index in [1.807, 2.05) is 22.2 Å². The van der Waals surface area contributed by atoms with Crippen molar-refractivity contribution in [2.75, 3.05) is 0 Å². The van der Waals surface area contributed by atoms with E-state index in [-0.39, 0.29) is 0 Å². The summed E-state index contributed by atoms with van der Waals surface area (Å²) in [5.41, 5.74) is 0. The highest BCUT2D eigenvalue weighted by atomic mass is 79.9. The van der Waals surface area contributed by atoms with Crippen LogP contribution >= 0.6 is 27.3 Å². The van der Waals surface area contributed by atoms with Crippen molar-refractivity contribution >= 4 is 27.3 Å². The van der Waals surface area contributed by atoms with Crippen LogP contribution in [0.3, 0.4) is 0 Å². The van der Waals surface area contributed by atoms with Gasteiger partial charge < -0.3 is 9.67 Å². The van der Waals surface area contributed by atoms with Crippen LogP contribution in [0.25, 0.3) is 0 Å². The standard InChI is InChI=1S/C11H13BrN2OS/c1-2-14-5-4-13-10(14)7-9(15)11-8(12)3-6-16-11/h3-6,9,15H,2,7H2,1H3. The molecule has 1 atom stereocenters. The van der Waals surface area contributed by atoms with Crippen molar-refractivity contribution in [3.63, 3.8) is 0 Å². The average molecular weight is 301 g/mol. The average Bonchev–Trinajstić information content (AvgIpc) is 2.86. The molecule has 5 heteroatoms. The molecule has 0 bridgehead atoms. The van der Waals surface area contributed by atoms with Gasteiger partial charge in [0.1, 0.15) is 5.82 Å². The molecule has 0 saturated heterocycles. The number of halogens is 1. The number of thiophene rings is 1. The molecule has 1 unspecified atom stereocenters. The van der Waals surface area contributed by atoms with Gasteiger partial charge in [-0.05, 0) is 34.3 Å². The smallest absolute Gasteiger partial charge is 0.111 e. The Hall–Kier alpha value is -0.650. The lowest BCUT2D eigenvalue weighted by molar-refractivity contribution is 0.177. The van der Waals surface area contributed by atoms with Gasteiger partial charge in [-0.15, -0.1) is 11.3 Å². The van der Waals surface area contributed by atoms with Crippen LogP contribution in [0, 0.1) is 0 Å². The molecule has 2 aromatic heterocycles. The first kappa shape index (κ1) is 11.8. The van der Waals surface area contributed by atoms with E-state index >= 15 is 0 Å². The van der Waals surface area contributed by atoms with E-state index in [2.05, 4.69) is 27.8 Å². The van der Waals surface area contributed by atoms with Crippen molar-refractivity contribution in [3.05, 3.63) is 39.0 Å². The van der Waals surface area contributed by atoms with Gasteiger partial charge in [-0.2, -0.15) is 0 Å². The largest absolute Gasteiger partial charge is 0.387 e. The number of hydrogen-bond acceptors (Lipinski definition) is 3. The minimum Gasteiger partial charge on any atom is -0.387 e. The summed E-state index contributed by atoms with van der Waals surface area (Å²) in [6, 6.07) is 1.95. The second-order valence-electron chi connectivity index (χ2n) is 3.48. The van der Waals surface area contributed by atoms with Gasteiger partial charge in [-0.25, -0.2) is 4.98 Å². The summed E-state index contributed by atoms with van der Waals surface area (Å²) in [5, 5.41) is 12.1. The van der Waals surface area contributed by atoms with Crippen LogP contribution in [0.2, 0.25) is 0 Å². The zero-order chi connectivity index (χ0) is 11.5. The molecule has 0 aliphatic rings. The van der Waals surface area contributed by atoms with Crippen molar-refractivity contribution in [1.82, 2.24) is 9.55 Å². The molecule has 0 saturated carbocycles. The molecule has 1 N–H and O–H groups in total. The molecule has 16 heavy (non-hydrogen) atoms. The van der Waals surface area contributed by atoms with Crippen molar-refractivity contribution in [2.45, 2.75) is 26.0 Å². The number of aliphatic hydroxyl groups excluding tert-OH is 1. The van der Waals surface area contributed by atoms with Crippen LogP contribution in [-0.2, 0) is 13.0 Å². The monoisotopic (exact) mass is 300 g/mol. The van der Waals surface area contributed by atoms with Crippen LogP contribution in [0.5, 0.6) is 0 Å². The van der Waals surface area contributed by atoms with E-state index in [0.717, 1.165) is 21.7 Å². The Bertz CT molecular complexity index is 466. The number of aryl methyl sites for hydroxylation is 1. The predicted molar refractivity (Wildman–Crippen MR) is 68.6 cm³/mol. The van der Waals surface area contributed by atoms with Crippen LogP contribution in [-0.4, -0.2) is 14.7 Å². The van der Waals surface area contributed by atoms with Gasteiger partial charge in [0.15, 0.2) is 0 Å². The van der Waals surface area contributed by atoms with E-state index < -0.39 is 6.10 Å². The highest BCUT2D eigenvalue weighted by Gasteiger charge is 2.15. The minimum atomic E-state index is -0.484. The summed E-state index contributed by atoms with van der Waals surface area (Å²) in [6.07, 6.45) is 3.78. The molecule has 2 heterocycles. The van der Waals surface area contributed by atoms with E-state index in [1.54, 1.807) is 17.5 Å². The van der Waals surface area contributed by atoms with Crippen LogP contribution < -0.4 is 0 Å². The second-order valence-corrected chi connectivity index (χ2v) is 5.28. The Morgan fingerprint density at radius 3 is 3.06 bits per heavy atom. The molecule has 0 aliphatic carbocycles. The number of imidazole rings is 1. The maximum atomic E-state index is 10.1. The molecule has 0 aliphatic heterocycles. The molecule has 0 fully saturated rings. The third-order valence-electron chi connectivity index (χ3n) is 2.47. The summed E-state index contributed by atoms with van der Waals surface area (Å²) in [4.78, 5) is 5.22. The van der Waals surface area contributed by atoms with Gasteiger partial charge in [0.25, 0.3) is 0 Å². The summed E-state index contributed by atoms with van der Waals surface area (Å²) in [7, 11) is 0. The quantitative estimate of drug-likeness (QED) is 0.942. The van der Waals surface area contributed by atoms with Crippen LogP contribution in [0.1, 0.15) is 23.7 Å². The van der Waals surface area contributed by atoms with Crippen molar-refractivity contribution < 1.29 is 5.11 Å². The number of rotatable bonds is 4. The second kappa shape index (κ2) is 5.12. The fraction of sp³-hybridized carbons (Fsp3) is 0.364. The molecule has 2 rings (SSSR count). The number of nitrogens with zero attached hydrogens (tertiary/aromatic N) is 2. The van der Waals surface area contributed by atoms with Gasteiger partial charge in [-0.3, -0.25) is 0 Å². The molecule has 86 valence electrons. The zero-order valence-electron chi connectivity index (χ0n) is 8.93. The van der Waals surface area contributed by atoms with E-state index in [4.69, 9.17) is 0 Å². The Morgan fingerprint density at radius 1 is 1.62 bits per heavy atom. The minimum absolute atomic E-state index is 0.484. The Balaban J connectivity index is 2.13. The van der Waals surface area contributed by atoms with Gasteiger partial charge in [0.2, 0.25) is 0 Å². The molecule has 0 spiro atoms. The third kappa shape index (κ3) is 2.36. The normalized spacial score (nSPS) is 12.9. The maximum Gasteiger partial charge on any atom is 0.111 e. The Labute approximate surface area is 107 Å². The van der Waals surface area contributed by atoms with Crippen LogP contribution in [0.15, 0.2) is 28.3 Å². The van der Waals surface area contributed by atoms with E-state index in [0.29, 0.717) is 6.42 Å². The first-order chi connectivity index (χ1) is 7.72. The fourth-order valence-electron chi connectivity index (χ4n) is 1.63. The topological polar surface area (TPSA) is 38.0 Å². The van der Waals surface area contributed by atoms with Crippen molar-refractivity contribution in [2.24, 2.45) is 0 Å². The first-order valence-electron chi connectivity index (χ1n) is 5.13. The SMILES string of the molecule is CCn1ccnc1CC(O)c1sccc1Br. The summed E-state index contributed by atoms with van der Waals surface area (Å²) in [6.45, 7) is 2.95. The lowest BCUT2D eigenvalue weighted by Crippen LogP contribution is -2.07. The van der Waals surface area contributed by atoms with Gasteiger partial charge in [0.05, 0.1) is 6.10 Å². The molecule has 3 nitrogen and oxygen atoms in total. The van der Waals surface area contributed by atoms with Crippen molar-refractivity contribution in [3.8, 4) is 0 Å². The highest BCUT2D eigenvalue weighted by molar-refractivity contribution is 9.10. The lowest BCUT2D eigenvalue weighted by Gasteiger charge is -2.10. The third-order valence-corrected chi connectivity index (χ3v) is 4.44. The molecule has 0 aromatic carbocycles. The summed E-state index contributed by atoms with van der Waals surface area (Å²) < 4.78 is 3.02. The number of aliphatic hydroxyl groups is 1. The molecule has 2 aromatic rings. The maximum absolute atomic E-state index is 10.1. The Kier molecular flexibility index (Phi) is 3.78. The first-order valence-corrected chi connectivity index (χ1v) is 6.80. The molecule has 0 radical (unpaired) electrons. The summed E-state index contributed by atoms with van der Waals surface area (Å²) in [5.74, 6) is 0.926. The van der Waals surface area contributed by atoms with E-state index in [9.17, 15) is 5.11 Å². The number of aromatic nitrogens is 2. The predicted octanol–water partition coefficient (Wildman–Crippen LogP) is 3.00. The fourth-order valence-corrected chi connectivity index (χ4v) is 3.25. The Morgan fingerprint density at radius 2 is 2.44 bits per heavy atom. The van der Waals surface area contributed by atoms with Gasteiger partial charge in [0, 0.05) is 34.7 Å². The number of hydrogen-bond donors (Lipinski definition) is 1. The van der Waals surface area contributed by atoms with Crippen LogP contribution in [0.4, 0.5) is 0 Å². The van der Waals surface area contributed by atoms with Gasteiger partial charge >= 0.3 is 0 Å². The van der Waals surface area contributed by atoms with Gasteiger partial charge in [-0.1, -0.05) is 0 Å². The lowest BCUT2D eigenvalue weighted by atomic mass is 10.2. The van der Waals surface area contributed by atoms with Crippen molar-refractivity contribution in [1.29, 1.82) is 0 Å². The molecular weight excluding hydrogens is 288 g/mol.